The highest BCUT2D eigenvalue weighted by Crippen LogP contribution is 2.20. The first-order valence-electron chi connectivity index (χ1n) is 6.17. The van der Waals surface area contributed by atoms with Gasteiger partial charge in [-0.1, -0.05) is 28.1 Å². The summed E-state index contributed by atoms with van der Waals surface area (Å²) in [4.78, 5) is 0. The predicted molar refractivity (Wildman–Crippen MR) is 74.2 cm³/mol. The number of ether oxygens (including phenoxy) is 1. The predicted octanol–water partition coefficient (Wildman–Crippen LogP) is 3.42. The largest absolute Gasteiger partial charge is 0.380 e. The van der Waals surface area contributed by atoms with E-state index in [2.05, 4.69) is 53.3 Å². The standard InChI is InChI=1S/C14H20BrNO/c1-11-8-12(4-5-13(11)15)9-16-14(2)6-3-7-17-10-14/h4-5,8,16H,3,6-7,9-10H2,1-2H3. The average molecular weight is 298 g/mol. The van der Waals surface area contributed by atoms with E-state index in [4.69, 9.17) is 4.74 Å². The molecule has 94 valence electrons. The van der Waals surface area contributed by atoms with Gasteiger partial charge in [0.2, 0.25) is 0 Å². The summed E-state index contributed by atoms with van der Waals surface area (Å²) in [6.45, 7) is 7.02. The Labute approximate surface area is 112 Å². The highest BCUT2D eigenvalue weighted by atomic mass is 79.9. The lowest BCUT2D eigenvalue weighted by Gasteiger charge is -2.34. The Kier molecular flexibility index (Phi) is 4.23. The number of aryl methyl sites for hydroxylation is 1. The molecule has 0 aliphatic carbocycles. The lowest BCUT2D eigenvalue weighted by atomic mass is 9.94. The Balaban J connectivity index is 1.94. The van der Waals surface area contributed by atoms with Crippen molar-refractivity contribution >= 4 is 15.9 Å². The summed E-state index contributed by atoms with van der Waals surface area (Å²) in [5.41, 5.74) is 2.76. The van der Waals surface area contributed by atoms with Crippen LogP contribution in [-0.4, -0.2) is 18.8 Å². The first-order valence-corrected chi connectivity index (χ1v) is 6.96. The van der Waals surface area contributed by atoms with Gasteiger partial charge in [-0.3, -0.25) is 0 Å². The molecule has 1 aliphatic heterocycles. The number of halogens is 1. The second-order valence-electron chi connectivity index (χ2n) is 5.15. The molecule has 0 spiro atoms. The van der Waals surface area contributed by atoms with Crippen LogP contribution in [0.2, 0.25) is 0 Å². The van der Waals surface area contributed by atoms with Crippen molar-refractivity contribution in [1.29, 1.82) is 0 Å². The average Bonchev–Trinajstić information content (AvgIpc) is 2.32. The van der Waals surface area contributed by atoms with Crippen LogP contribution in [-0.2, 0) is 11.3 Å². The van der Waals surface area contributed by atoms with Gasteiger partial charge in [-0.15, -0.1) is 0 Å². The molecule has 1 N–H and O–H groups in total. The third-order valence-corrected chi connectivity index (χ3v) is 4.27. The summed E-state index contributed by atoms with van der Waals surface area (Å²) in [7, 11) is 0. The van der Waals surface area contributed by atoms with Gasteiger partial charge in [-0.25, -0.2) is 0 Å². The molecule has 0 radical (unpaired) electrons. The summed E-state index contributed by atoms with van der Waals surface area (Å²) in [6.07, 6.45) is 2.35. The van der Waals surface area contributed by atoms with Crippen molar-refractivity contribution in [3.05, 3.63) is 33.8 Å². The van der Waals surface area contributed by atoms with Gasteiger partial charge in [0.1, 0.15) is 0 Å². The van der Waals surface area contributed by atoms with Crippen molar-refractivity contribution in [2.75, 3.05) is 13.2 Å². The van der Waals surface area contributed by atoms with Crippen molar-refractivity contribution in [2.45, 2.75) is 38.8 Å². The van der Waals surface area contributed by atoms with Gasteiger partial charge in [0.25, 0.3) is 0 Å². The zero-order valence-electron chi connectivity index (χ0n) is 10.6. The lowest BCUT2D eigenvalue weighted by Crippen LogP contribution is -2.48. The van der Waals surface area contributed by atoms with E-state index >= 15 is 0 Å². The van der Waals surface area contributed by atoms with E-state index < -0.39 is 0 Å². The zero-order chi connectivity index (χ0) is 12.3. The smallest absolute Gasteiger partial charge is 0.0645 e. The van der Waals surface area contributed by atoms with E-state index in [1.54, 1.807) is 0 Å². The molecule has 2 nitrogen and oxygen atoms in total. The summed E-state index contributed by atoms with van der Waals surface area (Å²) >= 11 is 3.53. The minimum absolute atomic E-state index is 0.138. The van der Waals surface area contributed by atoms with Crippen LogP contribution >= 0.6 is 15.9 Å². The van der Waals surface area contributed by atoms with Gasteiger partial charge in [0.05, 0.1) is 6.61 Å². The maximum atomic E-state index is 5.55. The molecule has 1 fully saturated rings. The molecule has 1 aliphatic rings. The Hall–Kier alpha value is -0.380. The van der Waals surface area contributed by atoms with Gasteiger partial charge >= 0.3 is 0 Å². The molecule has 2 rings (SSSR count). The lowest BCUT2D eigenvalue weighted by molar-refractivity contribution is 0.0278. The molecule has 0 bridgehead atoms. The Morgan fingerprint density at radius 3 is 2.94 bits per heavy atom. The van der Waals surface area contributed by atoms with Crippen LogP contribution in [0.3, 0.4) is 0 Å². The van der Waals surface area contributed by atoms with E-state index in [0.717, 1.165) is 26.2 Å². The van der Waals surface area contributed by atoms with Crippen LogP contribution in [0.15, 0.2) is 22.7 Å². The molecule has 0 amide bonds. The van der Waals surface area contributed by atoms with Crippen molar-refractivity contribution in [2.24, 2.45) is 0 Å². The van der Waals surface area contributed by atoms with E-state index in [1.807, 2.05) is 0 Å². The maximum absolute atomic E-state index is 5.55. The molecule has 1 atom stereocenters. The molecular weight excluding hydrogens is 278 g/mol. The van der Waals surface area contributed by atoms with Crippen LogP contribution in [0.5, 0.6) is 0 Å². The molecule has 0 aromatic heterocycles. The molecule has 1 heterocycles. The van der Waals surface area contributed by atoms with Gasteiger partial charge in [0.15, 0.2) is 0 Å². The molecule has 1 unspecified atom stereocenters. The van der Waals surface area contributed by atoms with Crippen LogP contribution in [0, 0.1) is 6.92 Å². The maximum Gasteiger partial charge on any atom is 0.0645 e. The van der Waals surface area contributed by atoms with E-state index in [-0.39, 0.29) is 5.54 Å². The summed E-state index contributed by atoms with van der Waals surface area (Å²) in [5.74, 6) is 0. The van der Waals surface area contributed by atoms with Gasteiger partial charge in [0, 0.05) is 23.2 Å². The first kappa shape index (κ1) is 13.1. The van der Waals surface area contributed by atoms with Crippen molar-refractivity contribution in [3.63, 3.8) is 0 Å². The van der Waals surface area contributed by atoms with E-state index in [9.17, 15) is 0 Å². The molecular formula is C14H20BrNO. The molecule has 17 heavy (non-hydrogen) atoms. The number of hydrogen-bond donors (Lipinski definition) is 1. The SMILES string of the molecule is Cc1cc(CNC2(C)CCCOC2)ccc1Br. The highest BCUT2D eigenvalue weighted by Gasteiger charge is 2.26. The summed E-state index contributed by atoms with van der Waals surface area (Å²) in [5, 5.41) is 3.62. The summed E-state index contributed by atoms with van der Waals surface area (Å²) in [6, 6.07) is 6.51. The molecule has 1 aromatic carbocycles. The first-order chi connectivity index (χ1) is 8.09. The Bertz CT molecular complexity index is 386. The minimum atomic E-state index is 0.138. The Morgan fingerprint density at radius 2 is 2.29 bits per heavy atom. The van der Waals surface area contributed by atoms with Gasteiger partial charge in [-0.2, -0.15) is 0 Å². The quantitative estimate of drug-likeness (QED) is 0.923. The van der Waals surface area contributed by atoms with Crippen LogP contribution in [0.1, 0.15) is 30.9 Å². The highest BCUT2D eigenvalue weighted by molar-refractivity contribution is 9.10. The number of benzene rings is 1. The van der Waals surface area contributed by atoms with Crippen LogP contribution < -0.4 is 5.32 Å². The number of rotatable bonds is 3. The molecule has 1 aromatic rings. The fourth-order valence-electron chi connectivity index (χ4n) is 2.21. The monoisotopic (exact) mass is 297 g/mol. The van der Waals surface area contributed by atoms with Crippen molar-refractivity contribution in [3.8, 4) is 0 Å². The fraction of sp³-hybridized carbons (Fsp3) is 0.571. The number of hydrogen-bond acceptors (Lipinski definition) is 2. The third kappa shape index (κ3) is 3.54. The van der Waals surface area contributed by atoms with E-state index in [0.29, 0.717) is 0 Å². The van der Waals surface area contributed by atoms with Crippen molar-refractivity contribution in [1.82, 2.24) is 5.32 Å². The Morgan fingerprint density at radius 1 is 1.47 bits per heavy atom. The fourth-order valence-corrected chi connectivity index (χ4v) is 2.45. The van der Waals surface area contributed by atoms with Crippen LogP contribution in [0.4, 0.5) is 0 Å². The topological polar surface area (TPSA) is 21.3 Å². The molecule has 1 saturated heterocycles. The van der Waals surface area contributed by atoms with Gasteiger partial charge < -0.3 is 10.1 Å². The van der Waals surface area contributed by atoms with Gasteiger partial charge in [-0.05, 0) is 43.9 Å². The third-order valence-electron chi connectivity index (χ3n) is 3.38. The second kappa shape index (κ2) is 5.51. The number of nitrogens with one attached hydrogen (secondary N) is 1. The summed E-state index contributed by atoms with van der Waals surface area (Å²) < 4.78 is 6.72. The van der Waals surface area contributed by atoms with Crippen LogP contribution in [0.25, 0.3) is 0 Å². The zero-order valence-corrected chi connectivity index (χ0v) is 12.1. The van der Waals surface area contributed by atoms with Crippen molar-refractivity contribution < 1.29 is 4.74 Å². The minimum Gasteiger partial charge on any atom is -0.380 e. The molecule has 3 heteroatoms. The van der Waals surface area contributed by atoms with E-state index in [1.165, 1.54) is 22.0 Å². The normalized spacial score (nSPS) is 24.9. The molecule has 0 saturated carbocycles. The second-order valence-corrected chi connectivity index (χ2v) is 6.01.